The molecule has 33 heavy (non-hydrogen) atoms. The molecule has 1 aliphatic rings. The van der Waals surface area contributed by atoms with E-state index in [0.29, 0.717) is 24.5 Å². The minimum Gasteiger partial charge on any atom is -0.455 e. The lowest BCUT2D eigenvalue weighted by molar-refractivity contribution is 0.0855. The second-order valence-electron chi connectivity index (χ2n) is 9.31. The summed E-state index contributed by atoms with van der Waals surface area (Å²) in [5.41, 5.74) is 5.54. The van der Waals surface area contributed by atoms with Gasteiger partial charge < -0.3 is 9.15 Å². The lowest BCUT2D eigenvalue weighted by Gasteiger charge is -2.24. The maximum absolute atomic E-state index is 15.3. The molecule has 0 saturated carbocycles. The third-order valence-corrected chi connectivity index (χ3v) is 6.97. The molecule has 6 rings (SSSR count). The highest BCUT2D eigenvalue weighted by Gasteiger charge is 2.24. The molecule has 0 N–H and O–H groups in total. The first-order valence-electron chi connectivity index (χ1n) is 11.7. The molecular weight excluding hydrogens is 413 g/mol. The fourth-order valence-electron chi connectivity index (χ4n) is 5.17. The molecule has 0 amide bonds. The number of nitrogens with zero attached hydrogens (tertiary/aromatic N) is 1. The van der Waals surface area contributed by atoms with Crippen molar-refractivity contribution >= 4 is 32.7 Å². The Labute approximate surface area is 192 Å². The van der Waals surface area contributed by atoms with Gasteiger partial charge in [0.2, 0.25) is 0 Å². The predicted octanol–water partition coefficient (Wildman–Crippen LogP) is 7.96. The number of fused-ring (bicyclic) bond motifs is 4. The quantitative estimate of drug-likeness (QED) is 0.286. The molecule has 4 heteroatoms. The highest BCUT2D eigenvalue weighted by molar-refractivity contribution is 6.12. The lowest BCUT2D eigenvalue weighted by Crippen LogP contribution is -2.15. The first kappa shape index (κ1) is 20.4. The molecule has 0 bridgehead atoms. The zero-order valence-electron chi connectivity index (χ0n) is 18.9. The van der Waals surface area contributed by atoms with Crippen LogP contribution < -0.4 is 0 Å². The van der Waals surface area contributed by atoms with E-state index in [1.807, 2.05) is 30.5 Å². The van der Waals surface area contributed by atoms with E-state index in [-0.39, 0.29) is 11.7 Å². The Hall–Kier alpha value is -3.24. The van der Waals surface area contributed by atoms with Gasteiger partial charge in [-0.15, -0.1) is 0 Å². The van der Waals surface area contributed by atoms with Crippen molar-refractivity contribution in [3.8, 4) is 11.3 Å². The van der Waals surface area contributed by atoms with Crippen LogP contribution in [0.3, 0.4) is 0 Å². The van der Waals surface area contributed by atoms with Crippen molar-refractivity contribution in [2.45, 2.75) is 38.5 Å². The van der Waals surface area contributed by atoms with E-state index in [2.05, 4.69) is 32.0 Å². The van der Waals surface area contributed by atoms with Gasteiger partial charge in [-0.1, -0.05) is 44.2 Å². The van der Waals surface area contributed by atoms with Crippen molar-refractivity contribution in [1.82, 2.24) is 4.98 Å². The molecule has 1 saturated heterocycles. The van der Waals surface area contributed by atoms with Gasteiger partial charge in [-0.25, -0.2) is 4.39 Å². The average molecular weight is 440 g/mol. The number of hydrogen-bond acceptors (Lipinski definition) is 3. The van der Waals surface area contributed by atoms with E-state index in [4.69, 9.17) is 14.1 Å². The van der Waals surface area contributed by atoms with Crippen molar-refractivity contribution in [2.24, 2.45) is 0 Å². The SMILES string of the molecule is CC(C)c1cc(-c2ncc(C3CCOCC3)c3c(F)cccc23)c2oc3ccccc3c2c1. The van der Waals surface area contributed by atoms with Crippen LogP contribution in [0, 0.1) is 5.82 Å². The van der Waals surface area contributed by atoms with Crippen LogP contribution in [-0.4, -0.2) is 18.2 Å². The summed E-state index contributed by atoms with van der Waals surface area (Å²) >= 11 is 0. The Morgan fingerprint density at radius 1 is 0.939 bits per heavy atom. The number of benzene rings is 3. The monoisotopic (exact) mass is 439 g/mol. The number of hydrogen-bond donors (Lipinski definition) is 0. The van der Waals surface area contributed by atoms with Crippen LogP contribution in [0.25, 0.3) is 44.0 Å². The summed E-state index contributed by atoms with van der Waals surface area (Å²) in [7, 11) is 0. The van der Waals surface area contributed by atoms with E-state index < -0.39 is 0 Å². The predicted molar refractivity (Wildman–Crippen MR) is 131 cm³/mol. The average Bonchev–Trinajstić information content (AvgIpc) is 3.22. The molecule has 166 valence electrons. The van der Waals surface area contributed by atoms with Crippen LogP contribution in [0.2, 0.25) is 0 Å². The van der Waals surface area contributed by atoms with Crippen molar-refractivity contribution in [3.05, 3.63) is 77.7 Å². The molecule has 1 fully saturated rings. The van der Waals surface area contributed by atoms with Gasteiger partial charge in [0.1, 0.15) is 17.0 Å². The minimum atomic E-state index is -0.196. The van der Waals surface area contributed by atoms with Crippen molar-refractivity contribution in [1.29, 1.82) is 0 Å². The van der Waals surface area contributed by atoms with Crippen LogP contribution in [0.1, 0.15) is 49.7 Å². The van der Waals surface area contributed by atoms with E-state index in [1.54, 1.807) is 12.1 Å². The lowest BCUT2D eigenvalue weighted by atomic mass is 9.87. The van der Waals surface area contributed by atoms with Gasteiger partial charge in [0, 0.05) is 46.5 Å². The molecule has 0 radical (unpaired) electrons. The molecule has 1 aliphatic heterocycles. The number of para-hydroxylation sites is 1. The third kappa shape index (κ3) is 3.32. The zero-order chi connectivity index (χ0) is 22.5. The Morgan fingerprint density at radius 2 is 1.73 bits per heavy atom. The van der Waals surface area contributed by atoms with Crippen molar-refractivity contribution in [2.75, 3.05) is 13.2 Å². The van der Waals surface area contributed by atoms with Crippen LogP contribution in [0.4, 0.5) is 4.39 Å². The fraction of sp³-hybridized carbons (Fsp3) is 0.276. The topological polar surface area (TPSA) is 35.3 Å². The van der Waals surface area contributed by atoms with Gasteiger partial charge in [-0.3, -0.25) is 4.98 Å². The maximum Gasteiger partial charge on any atom is 0.144 e. The van der Waals surface area contributed by atoms with Crippen LogP contribution in [-0.2, 0) is 4.74 Å². The smallest absolute Gasteiger partial charge is 0.144 e. The summed E-state index contributed by atoms with van der Waals surface area (Å²) in [6.07, 6.45) is 3.66. The summed E-state index contributed by atoms with van der Waals surface area (Å²) in [6, 6.07) is 17.8. The number of ether oxygens (including phenoxy) is 1. The standard InChI is InChI=1S/C29H26FNO2/c1-17(2)19-14-22-20-6-3-4-9-26(20)33-29(22)23(15-19)28-21-7-5-8-25(30)27(21)24(16-31-28)18-10-12-32-13-11-18/h3-9,14-18H,10-13H2,1-2H3. The van der Waals surface area contributed by atoms with Crippen LogP contribution in [0.15, 0.2) is 65.2 Å². The van der Waals surface area contributed by atoms with E-state index in [9.17, 15) is 0 Å². The molecule has 0 spiro atoms. The van der Waals surface area contributed by atoms with Crippen LogP contribution >= 0.6 is 0 Å². The van der Waals surface area contributed by atoms with Crippen molar-refractivity contribution < 1.29 is 13.5 Å². The normalized spacial score (nSPS) is 15.3. The molecule has 3 aromatic carbocycles. The minimum absolute atomic E-state index is 0.196. The molecule has 3 heterocycles. The van der Waals surface area contributed by atoms with Gasteiger partial charge in [0.15, 0.2) is 0 Å². The Morgan fingerprint density at radius 3 is 2.55 bits per heavy atom. The Bertz CT molecular complexity index is 1490. The largest absolute Gasteiger partial charge is 0.455 e. The van der Waals surface area contributed by atoms with Gasteiger partial charge in [0.05, 0.1) is 5.69 Å². The summed E-state index contributed by atoms with van der Waals surface area (Å²) in [4.78, 5) is 4.95. The second kappa shape index (κ2) is 7.96. The highest BCUT2D eigenvalue weighted by atomic mass is 19.1. The number of halogens is 1. The summed E-state index contributed by atoms with van der Waals surface area (Å²) in [6.45, 7) is 5.79. The molecule has 2 aromatic heterocycles. The Kier molecular flexibility index (Phi) is 4.92. The third-order valence-electron chi connectivity index (χ3n) is 6.97. The number of rotatable bonds is 3. The van der Waals surface area contributed by atoms with E-state index in [1.165, 1.54) is 5.56 Å². The number of furan rings is 1. The summed E-state index contributed by atoms with van der Waals surface area (Å²) in [5.74, 6) is 0.401. The van der Waals surface area contributed by atoms with Gasteiger partial charge in [0.25, 0.3) is 0 Å². The number of pyridine rings is 1. The molecule has 0 aliphatic carbocycles. The summed E-state index contributed by atoms with van der Waals surface area (Å²) in [5, 5.41) is 3.67. The zero-order valence-corrected chi connectivity index (χ0v) is 18.9. The van der Waals surface area contributed by atoms with Crippen molar-refractivity contribution in [3.63, 3.8) is 0 Å². The molecule has 0 unspecified atom stereocenters. The van der Waals surface area contributed by atoms with Gasteiger partial charge in [-0.05, 0) is 60.1 Å². The number of aromatic nitrogens is 1. The fourth-order valence-corrected chi connectivity index (χ4v) is 5.17. The molecular formula is C29H26FNO2. The molecule has 5 aromatic rings. The maximum atomic E-state index is 15.3. The first-order chi connectivity index (χ1) is 16.1. The highest BCUT2D eigenvalue weighted by Crippen LogP contribution is 2.42. The van der Waals surface area contributed by atoms with Gasteiger partial charge >= 0.3 is 0 Å². The second-order valence-corrected chi connectivity index (χ2v) is 9.31. The van der Waals surface area contributed by atoms with Crippen LogP contribution in [0.5, 0.6) is 0 Å². The first-order valence-corrected chi connectivity index (χ1v) is 11.7. The summed E-state index contributed by atoms with van der Waals surface area (Å²) < 4.78 is 27.2. The van der Waals surface area contributed by atoms with E-state index in [0.717, 1.165) is 57.0 Å². The van der Waals surface area contributed by atoms with Gasteiger partial charge in [-0.2, -0.15) is 0 Å². The molecule has 3 nitrogen and oxygen atoms in total. The Balaban J connectivity index is 1.67. The molecule has 0 atom stereocenters. The van der Waals surface area contributed by atoms with E-state index >= 15 is 4.39 Å².